The number of rotatable bonds is 10. The number of nitrogens with zero attached hydrogens (tertiary/aromatic N) is 3. The zero-order valence-corrected chi connectivity index (χ0v) is 24.2. The molecule has 5 heteroatoms. The van der Waals surface area contributed by atoms with Gasteiger partial charge in [-0.3, -0.25) is 4.90 Å². The highest BCUT2D eigenvalue weighted by Gasteiger charge is 2.37. The summed E-state index contributed by atoms with van der Waals surface area (Å²) in [6.45, 7) is 11.0. The van der Waals surface area contributed by atoms with Gasteiger partial charge in [-0.25, -0.2) is 4.79 Å². The van der Waals surface area contributed by atoms with Gasteiger partial charge in [0.2, 0.25) is 0 Å². The fourth-order valence-corrected chi connectivity index (χ4v) is 6.59. The molecule has 40 heavy (non-hydrogen) atoms. The molecule has 0 bridgehead atoms. The lowest BCUT2D eigenvalue weighted by Gasteiger charge is -2.41. The quantitative estimate of drug-likeness (QED) is 0.284. The Labute approximate surface area is 240 Å². The monoisotopic (exact) mass is 539 g/mol. The van der Waals surface area contributed by atoms with Crippen LogP contribution in [0.15, 0.2) is 91.0 Å². The number of hydrogen-bond acceptors (Lipinski definition) is 4. The highest BCUT2D eigenvalue weighted by molar-refractivity contribution is 5.68. The van der Waals surface area contributed by atoms with E-state index in [0.717, 1.165) is 64.1 Å². The van der Waals surface area contributed by atoms with Crippen LogP contribution in [0.4, 0.5) is 4.79 Å². The Morgan fingerprint density at radius 3 is 2.08 bits per heavy atom. The molecule has 2 heterocycles. The Bertz CT molecular complexity index is 1170. The third kappa shape index (κ3) is 7.32. The molecule has 0 saturated carbocycles. The summed E-state index contributed by atoms with van der Waals surface area (Å²) in [5.74, 6) is 1.15. The van der Waals surface area contributed by atoms with E-state index < -0.39 is 0 Å². The standard InChI is InChI=1S/C35H45N3O2/c1-3-28(2)38(35(39)40-27-30-15-9-5-10-16-30)33-19-21-36(22-20-33)24-32-25-37(23-29-13-7-4-8-14-29)26-34(32)31-17-11-6-12-18-31/h4-18,28,32-34H,3,19-27H2,1-2H3/t28?,32-,34?/m0/s1. The van der Waals surface area contributed by atoms with Crippen molar-refractivity contribution in [2.45, 2.75) is 64.3 Å². The molecule has 2 aliphatic heterocycles. The van der Waals surface area contributed by atoms with Crippen LogP contribution in [-0.4, -0.2) is 65.6 Å². The van der Waals surface area contributed by atoms with Gasteiger partial charge in [0.25, 0.3) is 0 Å². The Balaban J connectivity index is 1.19. The van der Waals surface area contributed by atoms with Crippen molar-refractivity contribution in [3.05, 3.63) is 108 Å². The number of piperidine rings is 1. The first kappa shape index (κ1) is 28.4. The number of ether oxygens (including phenoxy) is 1. The number of hydrogen-bond donors (Lipinski definition) is 0. The maximum Gasteiger partial charge on any atom is 0.410 e. The summed E-state index contributed by atoms with van der Waals surface area (Å²) in [5, 5.41) is 0. The van der Waals surface area contributed by atoms with Crippen LogP contribution in [0.25, 0.3) is 0 Å². The maximum atomic E-state index is 13.2. The van der Waals surface area contributed by atoms with Crippen molar-refractivity contribution in [2.24, 2.45) is 5.92 Å². The van der Waals surface area contributed by atoms with Crippen LogP contribution in [0.5, 0.6) is 0 Å². The van der Waals surface area contributed by atoms with Crippen molar-refractivity contribution in [2.75, 3.05) is 32.7 Å². The summed E-state index contributed by atoms with van der Waals surface area (Å²) in [6.07, 6.45) is 2.76. The molecule has 5 nitrogen and oxygen atoms in total. The van der Waals surface area contributed by atoms with Crippen LogP contribution in [0.2, 0.25) is 0 Å². The molecule has 212 valence electrons. The molecular formula is C35H45N3O2. The minimum absolute atomic E-state index is 0.170. The Morgan fingerprint density at radius 1 is 0.850 bits per heavy atom. The van der Waals surface area contributed by atoms with E-state index in [-0.39, 0.29) is 18.2 Å². The fourth-order valence-electron chi connectivity index (χ4n) is 6.59. The first-order chi connectivity index (χ1) is 19.6. The molecule has 0 spiro atoms. The maximum absolute atomic E-state index is 13.2. The van der Waals surface area contributed by atoms with E-state index in [1.807, 2.05) is 35.2 Å². The molecule has 2 saturated heterocycles. The van der Waals surface area contributed by atoms with E-state index in [9.17, 15) is 4.79 Å². The van der Waals surface area contributed by atoms with Crippen molar-refractivity contribution >= 4 is 6.09 Å². The molecule has 1 amide bonds. The predicted molar refractivity (Wildman–Crippen MR) is 162 cm³/mol. The van der Waals surface area contributed by atoms with E-state index in [4.69, 9.17) is 4.74 Å². The second-order valence-electron chi connectivity index (χ2n) is 11.7. The first-order valence-electron chi connectivity index (χ1n) is 15.1. The average molecular weight is 540 g/mol. The van der Waals surface area contributed by atoms with Crippen LogP contribution < -0.4 is 0 Å². The van der Waals surface area contributed by atoms with Crippen LogP contribution in [0.1, 0.15) is 55.7 Å². The summed E-state index contributed by atoms with van der Waals surface area (Å²) in [4.78, 5) is 20.6. The lowest BCUT2D eigenvalue weighted by Crippen LogP contribution is -2.51. The molecular weight excluding hydrogens is 494 g/mol. The molecule has 0 N–H and O–H groups in total. The molecule has 3 aromatic rings. The number of carbonyl (C=O) groups excluding carboxylic acids is 1. The minimum atomic E-state index is -0.173. The van der Waals surface area contributed by atoms with Gasteiger partial charge < -0.3 is 14.5 Å². The lowest BCUT2D eigenvalue weighted by molar-refractivity contribution is 0.0406. The van der Waals surface area contributed by atoms with E-state index >= 15 is 0 Å². The van der Waals surface area contributed by atoms with Gasteiger partial charge in [-0.1, -0.05) is 97.9 Å². The fraction of sp³-hybridized carbons (Fsp3) is 0.457. The zero-order valence-electron chi connectivity index (χ0n) is 24.2. The second-order valence-corrected chi connectivity index (χ2v) is 11.7. The predicted octanol–water partition coefficient (Wildman–Crippen LogP) is 6.80. The highest BCUT2D eigenvalue weighted by atomic mass is 16.6. The third-order valence-corrected chi connectivity index (χ3v) is 8.92. The molecule has 3 atom stereocenters. The summed E-state index contributed by atoms with van der Waals surface area (Å²) in [5.41, 5.74) is 3.88. The summed E-state index contributed by atoms with van der Waals surface area (Å²) >= 11 is 0. The summed E-state index contributed by atoms with van der Waals surface area (Å²) in [6, 6.07) is 32.3. The molecule has 0 aliphatic carbocycles. The van der Waals surface area contributed by atoms with Crippen molar-refractivity contribution in [1.29, 1.82) is 0 Å². The first-order valence-corrected chi connectivity index (χ1v) is 15.1. The van der Waals surface area contributed by atoms with Gasteiger partial charge in [-0.2, -0.15) is 0 Å². The number of benzene rings is 3. The van der Waals surface area contributed by atoms with Gasteiger partial charge in [-0.05, 0) is 48.8 Å². The topological polar surface area (TPSA) is 36.0 Å². The van der Waals surface area contributed by atoms with Gasteiger partial charge >= 0.3 is 6.09 Å². The molecule has 0 aromatic heterocycles. The van der Waals surface area contributed by atoms with Crippen LogP contribution in [0, 0.1) is 5.92 Å². The van der Waals surface area contributed by atoms with Crippen molar-refractivity contribution in [3.8, 4) is 0 Å². The normalized spacial score (nSPS) is 21.2. The molecule has 5 rings (SSSR count). The average Bonchev–Trinajstić information content (AvgIpc) is 3.40. The van der Waals surface area contributed by atoms with Crippen LogP contribution in [0.3, 0.4) is 0 Å². The lowest BCUT2D eigenvalue weighted by atomic mass is 9.88. The molecule has 3 aromatic carbocycles. The summed E-state index contributed by atoms with van der Waals surface area (Å²) < 4.78 is 5.79. The van der Waals surface area contributed by atoms with E-state index in [0.29, 0.717) is 18.4 Å². The van der Waals surface area contributed by atoms with Gasteiger partial charge in [0, 0.05) is 57.3 Å². The minimum Gasteiger partial charge on any atom is -0.445 e. The highest BCUT2D eigenvalue weighted by Crippen LogP contribution is 2.35. The third-order valence-electron chi connectivity index (χ3n) is 8.92. The van der Waals surface area contributed by atoms with E-state index in [1.54, 1.807) is 0 Å². The Morgan fingerprint density at radius 2 is 1.45 bits per heavy atom. The van der Waals surface area contributed by atoms with Crippen molar-refractivity contribution in [3.63, 3.8) is 0 Å². The van der Waals surface area contributed by atoms with E-state index in [1.165, 1.54) is 11.1 Å². The molecule has 2 aliphatic rings. The van der Waals surface area contributed by atoms with Gasteiger partial charge in [0.1, 0.15) is 6.61 Å². The smallest absolute Gasteiger partial charge is 0.410 e. The molecule has 0 radical (unpaired) electrons. The van der Waals surface area contributed by atoms with Gasteiger partial charge in [0.05, 0.1) is 0 Å². The Kier molecular flexibility index (Phi) is 9.90. The van der Waals surface area contributed by atoms with E-state index in [2.05, 4.69) is 84.3 Å². The number of carbonyl (C=O) groups is 1. The van der Waals surface area contributed by atoms with Crippen molar-refractivity contribution in [1.82, 2.24) is 14.7 Å². The number of likely N-dealkylation sites (tertiary alicyclic amines) is 2. The van der Waals surface area contributed by atoms with Crippen LogP contribution in [-0.2, 0) is 17.9 Å². The zero-order chi connectivity index (χ0) is 27.7. The summed E-state index contributed by atoms with van der Waals surface area (Å²) in [7, 11) is 0. The largest absolute Gasteiger partial charge is 0.445 e. The SMILES string of the molecule is CCC(C)N(C(=O)OCc1ccccc1)C1CCN(C[C@H]2CN(Cc3ccccc3)CC2c2ccccc2)CC1. The second kappa shape index (κ2) is 14.0. The Hall–Kier alpha value is -3.15. The van der Waals surface area contributed by atoms with Crippen LogP contribution >= 0.6 is 0 Å². The van der Waals surface area contributed by atoms with Gasteiger partial charge in [-0.15, -0.1) is 0 Å². The molecule has 2 fully saturated rings. The van der Waals surface area contributed by atoms with Crippen molar-refractivity contribution < 1.29 is 9.53 Å². The molecule has 2 unspecified atom stereocenters. The van der Waals surface area contributed by atoms with Gasteiger partial charge in [0.15, 0.2) is 0 Å². The number of amides is 1.